The predicted octanol–water partition coefficient (Wildman–Crippen LogP) is 4.81. The third-order valence-electron chi connectivity index (χ3n) is 5.56. The normalized spacial score (nSPS) is 18.1. The van der Waals surface area contributed by atoms with Gasteiger partial charge in [-0.25, -0.2) is 0 Å². The van der Waals surface area contributed by atoms with Crippen LogP contribution in [0.25, 0.3) is 0 Å². The van der Waals surface area contributed by atoms with Gasteiger partial charge in [0.25, 0.3) is 5.91 Å². The van der Waals surface area contributed by atoms with Crippen LogP contribution in [0.15, 0.2) is 42.6 Å². The molecule has 1 fully saturated rings. The van der Waals surface area contributed by atoms with Crippen LogP contribution in [0.5, 0.6) is 0 Å². The number of carbonyl (C=O) groups is 1. The van der Waals surface area contributed by atoms with Crippen LogP contribution in [0.2, 0.25) is 0 Å². The standard InChI is InChI=1S/C22H27N3O/c26-22(25-15-7-9-17-8-5-6-12-21(17)25)20-16-19(13-14-23-20)24-18-10-3-1-2-4-11-18/h5-6,8,12-14,16,18H,1-4,7,9-11,15H2,(H,23,24). The molecule has 1 N–H and O–H groups in total. The van der Waals surface area contributed by atoms with Gasteiger partial charge in [0.15, 0.2) is 0 Å². The molecule has 2 aliphatic rings. The maximum atomic E-state index is 13.1. The molecular weight excluding hydrogens is 322 g/mol. The van der Waals surface area contributed by atoms with Crippen molar-refractivity contribution in [3.05, 3.63) is 53.9 Å². The molecule has 136 valence electrons. The van der Waals surface area contributed by atoms with Crippen molar-refractivity contribution in [3.63, 3.8) is 0 Å². The number of hydrogen-bond acceptors (Lipinski definition) is 3. The van der Waals surface area contributed by atoms with E-state index >= 15 is 0 Å². The molecular formula is C22H27N3O. The molecule has 1 aromatic carbocycles. The van der Waals surface area contributed by atoms with Crippen molar-refractivity contribution in [2.24, 2.45) is 0 Å². The average Bonchev–Trinajstić information content (AvgIpc) is 2.96. The van der Waals surface area contributed by atoms with E-state index in [0.717, 1.165) is 30.8 Å². The summed E-state index contributed by atoms with van der Waals surface area (Å²) in [5.41, 5.74) is 3.83. The number of nitrogens with one attached hydrogen (secondary N) is 1. The molecule has 0 saturated heterocycles. The number of anilines is 2. The molecule has 1 amide bonds. The number of hydrogen-bond donors (Lipinski definition) is 1. The van der Waals surface area contributed by atoms with Crippen LogP contribution in [0.4, 0.5) is 11.4 Å². The molecule has 1 saturated carbocycles. The molecule has 4 heteroatoms. The number of aryl methyl sites for hydroxylation is 1. The van der Waals surface area contributed by atoms with Gasteiger partial charge >= 0.3 is 0 Å². The van der Waals surface area contributed by atoms with Crippen molar-refractivity contribution >= 4 is 17.3 Å². The van der Waals surface area contributed by atoms with E-state index in [1.807, 2.05) is 35.2 Å². The molecule has 2 heterocycles. The number of amides is 1. The Balaban J connectivity index is 1.52. The molecule has 26 heavy (non-hydrogen) atoms. The summed E-state index contributed by atoms with van der Waals surface area (Å²) in [5.74, 6) is 0.00154. The second-order valence-electron chi connectivity index (χ2n) is 7.45. The van der Waals surface area contributed by atoms with E-state index in [1.165, 1.54) is 44.1 Å². The summed E-state index contributed by atoms with van der Waals surface area (Å²) >= 11 is 0. The Kier molecular flexibility index (Phi) is 5.19. The zero-order valence-electron chi connectivity index (χ0n) is 15.3. The lowest BCUT2D eigenvalue weighted by molar-refractivity contribution is 0.0980. The third kappa shape index (κ3) is 3.74. The number of nitrogens with zero attached hydrogens (tertiary/aromatic N) is 2. The Morgan fingerprint density at radius 2 is 1.85 bits per heavy atom. The van der Waals surface area contributed by atoms with Gasteiger partial charge in [0.05, 0.1) is 0 Å². The molecule has 0 bridgehead atoms. The Labute approximate surface area is 155 Å². The van der Waals surface area contributed by atoms with Gasteiger partial charge in [0.1, 0.15) is 5.69 Å². The average molecular weight is 349 g/mol. The lowest BCUT2D eigenvalue weighted by atomic mass is 10.0. The van der Waals surface area contributed by atoms with Crippen molar-refractivity contribution in [3.8, 4) is 0 Å². The molecule has 0 atom stereocenters. The van der Waals surface area contributed by atoms with Crippen molar-refractivity contribution in [2.75, 3.05) is 16.8 Å². The number of aromatic nitrogens is 1. The van der Waals surface area contributed by atoms with Gasteiger partial charge in [-0.2, -0.15) is 0 Å². The Morgan fingerprint density at radius 3 is 2.69 bits per heavy atom. The highest BCUT2D eigenvalue weighted by atomic mass is 16.2. The number of rotatable bonds is 3. The lowest BCUT2D eigenvalue weighted by Gasteiger charge is -2.29. The van der Waals surface area contributed by atoms with E-state index in [9.17, 15) is 4.79 Å². The van der Waals surface area contributed by atoms with Gasteiger partial charge in [0, 0.05) is 30.2 Å². The number of pyridine rings is 1. The van der Waals surface area contributed by atoms with Gasteiger partial charge in [-0.05, 0) is 49.4 Å². The summed E-state index contributed by atoms with van der Waals surface area (Å²) in [4.78, 5) is 19.4. The zero-order valence-corrected chi connectivity index (χ0v) is 15.3. The number of fused-ring (bicyclic) bond motifs is 1. The molecule has 0 spiro atoms. The molecule has 4 nitrogen and oxygen atoms in total. The summed E-state index contributed by atoms with van der Waals surface area (Å²) in [6.45, 7) is 0.762. The first-order chi connectivity index (χ1) is 12.8. The van der Waals surface area contributed by atoms with Crippen LogP contribution in [-0.2, 0) is 6.42 Å². The van der Waals surface area contributed by atoms with E-state index in [4.69, 9.17) is 0 Å². The summed E-state index contributed by atoms with van der Waals surface area (Å²) in [5, 5.41) is 3.63. The van der Waals surface area contributed by atoms with Gasteiger partial charge in [-0.3, -0.25) is 9.78 Å². The van der Waals surface area contributed by atoms with E-state index in [1.54, 1.807) is 6.20 Å². The topological polar surface area (TPSA) is 45.2 Å². The molecule has 1 aliphatic carbocycles. The Morgan fingerprint density at radius 1 is 1.04 bits per heavy atom. The zero-order chi connectivity index (χ0) is 17.8. The second kappa shape index (κ2) is 7.90. The van der Waals surface area contributed by atoms with Gasteiger partial charge < -0.3 is 10.2 Å². The van der Waals surface area contributed by atoms with Crippen molar-refractivity contribution in [2.45, 2.75) is 57.4 Å². The quantitative estimate of drug-likeness (QED) is 0.809. The lowest BCUT2D eigenvalue weighted by Crippen LogP contribution is -2.36. The first-order valence-corrected chi connectivity index (χ1v) is 9.93. The number of carbonyl (C=O) groups excluding carboxylic acids is 1. The Bertz CT molecular complexity index is 765. The molecule has 1 aromatic heterocycles. The highest BCUT2D eigenvalue weighted by Crippen LogP contribution is 2.28. The van der Waals surface area contributed by atoms with Crippen LogP contribution in [0.1, 0.15) is 61.0 Å². The minimum absolute atomic E-state index is 0.00154. The summed E-state index contributed by atoms with van der Waals surface area (Å²) < 4.78 is 0. The summed E-state index contributed by atoms with van der Waals surface area (Å²) in [6.07, 6.45) is 11.5. The minimum Gasteiger partial charge on any atom is -0.382 e. The highest BCUT2D eigenvalue weighted by Gasteiger charge is 2.24. The number of para-hydroxylation sites is 1. The van der Waals surface area contributed by atoms with E-state index in [0.29, 0.717) is 11.7 Å². The van der Waals surface area contributed by atoms with Crippen molar-refractivity contribution < 1.29 is 4.79 Å². The minimum atomic E-state index is 0.00154. The monoisotopic (exact) mass is 349 g/mol. The SMILES string of the molecule is O=C(c1cc(NC2CCCCCC2)ccn1)N1CCCc2ccccc21. The largest absolute Gasteiger partial charge is 0.382 e. The van der Waals surface area contributed by atoms with Gasteiger partial charge in [0.2, 0.25) is 0 Å². The van der Waals surface area contributed by atoms with E-state index in [-0.39, 0.29) is 5.91 Å². The van der Waals surface area contributed by atoms with Crippen molar-refractivity contribution in [1.29, 1.82) is 0 Å². The molecule has 0 unspecified atom stereocenters. The fraction of sp³-hybridized carbons (Fsp3) is 0.455. The first kappa shape index (κ1) is 17.1. The van der Waals surface area contributed by atoms with Crippen LogP contribution < -0.4 is 10.2 Å². The molecule has 2 aromatic rings. The third-order valence-corrected chi connectivity index (χ3v) is 5.56. The highest BCUT2D eigenvalue weighted by molar-refractivity contribution is 6.05. The number of benzene rings is 1. The fourth-order valence-electron chi connectivity index (χ4n) is 4.18. The second-order valence-corrected chi connectivity index (χ2v) is 7.45. The fourth-order valence-corrected chi connectivity index (χ4v) is 4.18. The van der Waals surface area contributed by atoms with Crippen LogP contribution >= 0.6 is 0 Å². The van der Waals surface area contributed by atoms with Crippen molar-refractivity contribution in [1.82, 2.24) is 4.98 Å². The maximum Gasteiger partial charge on any atom is 0.276 e. The van der Waals surface area contributed by atoms with E-state index in [2.05, 4.69) is 16.4 Å². The first-order valence-electron chi connectivity index (χ1n) is 9.93. The van der Waals surface area contributed by atoms with Crippen LogP contribution in [0.3, 0.4) is 0 Å². The van der Waals surface area contributed by atoms with E-state index < -0.39 is 0 Å². The van der Waals surface area contributed by atoms with Gasteiger partial charge in [-0.15, -0.1) is 0 Å². The predicted molar refractivity (Wildman–Crippen MR) is 106 cm³/mol. The van der Waals surface area contributed by atoms with Crippen LogP contribution in [0, 0.1) is 0 Å². The molecule has 0 radical (unpaired) electrons. The van der Waals surface area contributed by atoms with Gasteiger partial charge in [-0.1, -0.05) is 43.9 Å². The summed E-state index contributed by atoms with van der Waals surface area (Å²) in [6, 6.07) is 12.6. The smallest absolute Gasteiger partial charge is 0.276 e. The summed E-state index contributed by atoms with van der Waals surface area (Å²) in [7, 11) is 0. The van der Waals surface area contributed by atoms with Crippen LogP contribution in [-0.4, -0.2) is 23.5 Å². The molecule has 4 rings (SSSR count). The molecule has 1 aliphatic heterocycles. The Hall–Kier alpha value is -2.36. The maximum absolute atomic E-state index is 13.1.